The van der Waals surface area contributed by atoms with Crippen molar-refractivity contribution in [3.8, 4) is 0 Å². The van der Waals surface area contributed by atoms with Crippen LogP contribution >= 0.6 is 0 Å². The van der Waals surface area contributed by atoms with Gasteiger partial charge in [-0.05, 0) is 39.0 Å². The number of H-pyrrole nitrogens is 1. The van der Waals surface area contributed by atoms with Crippen molar-refractivity contribution in [2.45, 2.75) is 32.9 Å². The minimum atomic E-state index is -0.379. The summed E-state index contributed by atoms with van der Waals surface area (Å²) >= 11 is 0. The van der Waals surface area contributed by atoms with E-state index in [0.717, 1.165) is 26.2 Å². The highest BCUT2D eigenvalue weighted by atomic mass is 19.1. The third kappa shape index (κ3) is 4.82. The normalized spacial score (nSPS) is 17.9. The highest BCUT2D eigenvalue weighted by Gasteiger charge is 2.28. The maximum absolute atomic E-state index is 13.3. The Morgan fingerprint density at radius 2 is 1.86 bits per heavy atom. The first-order chi connectivity index (χ1) is 13.3. The molecule has 1 aliphatic rings. The molecule has 1 saturated heterocycles. The molecule has 1 amide bonds. The lowest BCUT2D eigenvalue weighted by Crippen LogP contribution is -2.53. The van der Waals surface area contributed by atoms with Crippen LogP contribution in [-0.4, -0.2) is 57.9 Å². The fraction of sp³-hybridized carbons (Fsp3) is 0.450. The van der Waals surface area contributed by atoms with Crippen LogP contribution in [0.4, 0.5) is 10.1 Å². The predicted octanol–water partition coefficient (Wildman–Crippen LogP) is 1.92. The molecule has 0 saturated carbocycles. The molecule has 8 heteroatoms. The number of piperazine rings is 1. The minimum Gasteiger partial charge on any atom is -0.325 e. The summed E-state index contributed by atoms with van der Waals surface area (Å²) in [5.41, 5.74) is 1.01. The summed E-state index contributed by atoms with van der Waals surface area (Å²) < 4.78 is 13.3. The second-order valence-corrected chi connectivity index (χ2v) is 7.20. The van der Waals surface area contributed by atoms with Gasteiger partial charge in [0, 0.05) is 43.6 Å². The third-order valence-electron chi connectivity index (χ3n) is 5.20. The average molecular weight is 387 g/mol. The van der Waals surface area contributed by atoms with Crippen LogP contribution < -0.4 is 10.9 Å². The summed E-state index contributed by atoms with van der Waals surface area (Å²) in [6.45, 7) is 8.64. The Kier molecular flexibility index (Phi) is 6.21. The predicted molar refractivity (Wildman–Crippen MR) is 106 cm³/mol. The number of hydrogen-bond donors (Lipinski definition) is 2. The Morgan fingerprint density at radius 3 is 2.50 bits per heavy atom. The van der Waals surface area contributed by atoms with Crippen LogP contribution in [0, 0.1) is 12.7 Å². The number of nitrogens with zero attached hydrogens (tertiary/aromatic N) is 3. The third-order valence-corrected chi connectivity index (χ3v) is 5.20. The first-order valence-electron chi connectivity index (χ1n) is 9.46. The van der Waals surface area contributed by atoms with Gasteiger partial charge in [-0.1, -0.05) is 6.07 Å². The van der Waals surface area contributed by atoms with Gasteiger partial charge in [0.25, 0.3) is 5.56 Å². The number of amides is 1. The summed E-state index contributed by atoms with van der Waals surface area (Å²) in [4.78, 5) is 35.8. The van der Waals surface area contributed by atoms with E-state index in [-0.39, 0.29) is 29.4 Å². The number of aromatic nitrogens is 2. The number of carbonyl (C=O) groups excluding carboxylic acids is 1. The summed E-state index contributed by atoms with van der Waals surface area (Å²) in [7, 11) is 0. The second-order valence-electron chi connectivity index (χ2n) is 7.20. The van der Waals surface area contributed by atoms with Crippen LogP contribution in [0.2, 0.25) is 0 Å². The average Bonchev–Trinajstić information content (AvgIpc) is 2.66. The Hall–Kier alpha value is -2.58. The number of benzene rings is 1. The molecule has 0 aliphatic carbocycles. The first kappa shape index (κ1) is 20.2. The van der Waals surface area contributed by atoms with Crippen molar-refractivity contribution in [1.29, 1.82) is 0 Å². The zero-order chi connectivity index (χ0) is 20.3. The molecule has 1 aromatic heterocycles. The summed E-state index contributed by atoms with van der Waals surface area (Å²) in [6.07, 6.45) is 0. The molecule has 0 radical (unpaired) electrons. The standard InChI is InChI=1S/C20H26FN5O2/c1-13-11-18(27)24-19(22-13)14(2)25-7-9-26(10-8-25)15(3)20(28)23-17-6-4-5-16(21)12-17/h4-6,11-12,14-15H,7-10H2,1-3H3,(H,23,28)(H,22,24,27)/t14-,15-/m0/s1. The second kappa shape index (κ2) is 8.62. The zero-order valence-electron chi connectivity index (χ0n) is 16.4. The molecule has 0 bridgehead atoms. The van der Waals surface area contributed by atoms with E-state index in [9.17, 15) is 14.0 Å². The van der Waals surface area contributed by atoms with E-state index in [2.05, 4.69) is 25.1 Å². The monoisotopic (exact) mass is 387 g/mol. The molecular weight excluding hydrogens is 361 g/mol. The number of anilines is 1. The maximum atomic E-state index is 13.3. The SMILES string of the molecule is Cc1cc(=O)[nH]c([C@H](C)N2CCN([C@@H](C)C(=O)Nc3cccc(F)c3)CC2)n1. The Balaban J connectivity index is 1.56. The van der Waals surface area contributed by atoms with Gasteiger partial charge in [0.1, 0.15) is 11.6 Å². The number of rotatable bonds is 5. The van der Waals surface area contributed by atoms with Crippen LogP contribution in [0.15, 0.2) is 35.1 Å². The molecular formula is C20H26FN5O2. The molecule has 2 atom stereocenters. The van der Waals surface area contributed by atoms with E-state index >= 15 is 0 Å². The smallest absolute Gasteiger partial charge is 0.251 e. The molecule has 1 fully saturated rings. The molecule has 2 heterocycles. The highest BCUT2D eigenvalue weighted by Crippen LogP contribution is 2.19. The Bertz CT molecular complexity index is 892. The molecule has 150 valence electrons. The lowest BCUT2D eigenvalue weighted by atomic mass is 10.1. The topological polar surface area (TPSA) is 81.3 Å². The van der Waals surface area contributed by atoms with Crippen molar-refractivity contribution in [2.75, 3.05) is 31.5 Å². The Labute approximate surface area is 163 Å². The van der Waals surface area contributed by atoms with Gasteiger partial charge in [0.2, 0.25) is 5.91 Å². The number of carbonyl (C=O) groups is 1. The van der Waals surface area contributed by atoms with Crippen LogP contribution in [0.3, 0.4) is 0 Å². The van der Waals surface area contributed by atoms with Crippen LogP contribution in [-0.2, 0) is 4.79 Å². The van der Waals surface area contributed by atoms with Gasteiger partial charge < -0.3 is 10.3 Å². The van der Waals surface area contributed by atoms with E-state index in [1.807, 2.05) is 20.8 Å². The van der Waals surface area contributed by atoms with Crippen molar-refractivity contribution in [1.82, 2.24) is 19.8 Å². The summed E-state index contributed by atoms with van der Waals surface area (Å²) in [5, 5.41) is 2.77. The van der Waals surface area contributed by atoms with Crippen LogP contribution in [0.1, 0.15) is 31.4 Å². The molecule has 28 heavy (non-hydrogen) atoms. The zero-order valence-corrected chi connectivity index (χ0v) is 16.4. The molecule has 0 spiro atoms. The lowest BCUT2D eigenvalue weighted by Gasteiger charge is -2.39. The van der Waals surface area contributed by atoms with Crippen molar-refractivity contribution < 1.29 is 9.18 Å². The summed E-state index contributed by atoms with van der Waals surface area (Å²) in [6, 6.07) is 7.04. The van der Waals surface area contributed by atoms with Crippen LogP contribution in [0.5, 0.6) is 0 Å². The number of aromatic amines is 1. The fourth-order valence-corrected chi connectivity index (χ4v) is 3.46. The highest BCUT2D eigenvalue weighted by molar-refractivity contribution is 5.94. The number of nitrogens with one attached hydrogen (secondary N) is 2. The minimum absolute atomic E-state index is 0.00817. The van der Waals surface area contributed by atoms with E-state index in [1.54, 1.807) is 12.1 Å². The molecule has 1 aliphatic heterocycles. The van der Waals surface area contributed by atoms with E-state index in [0.29, 0.717) is 17.2 Å². The van der Waals surface area contributed by atoms with Crippen molar-refractivity contribution in [3.05, 3.63) is 58.0 Å². The first-order valence-corrected chi connectivity index (χ1v) is 9.46. The molecule has 2 N–H and O–H groups in total. The van der Waals surface area contributed by atoms with E-state index in [1.165, 1.54) is 18.2 Å². The molecule has 1 aromatic carbocycles. The van der Waals surface area contributed by atoms with Gasteiger partial charge >= 0.3 is 0 Å². The van der Waals surface area contributed by atoms with Crippen molar-refractivity contribution >= 4 is 11.6 Å². The van der Waals surface area contributed by atoms with Gasteiger partial charge in [-0.15, -0.1) is 0 Å². The van der Waals surface area contributed by atoms with Gasteiger partial charge in [0.05, 0.1) is 12.1 Å². The van der Waals surface area contributed by atoms with Crippen molar-refractivity contribution in [2.24, 2.45) is 0 Å². The van der Waals surface area contributed by atoms with Gasteiger partial charge in [0.15, 0.2) is 0 Å². The Morgan fingerprint density at radius 1 is 1.18 bits per heavy atom. The van der Waals surface area contributed by atoms with E-state index < -0.39 is 0 Å². The lowest BCUT2D eigenvalue weighted by molar-refractivity contribution is -0.121. The van der Waals surface area contributed by atoms with Crippen LogP contribution in [0.25, 0.3) is 0 Å². The molecule has 2 aromatic rings. The molecule has 7 nitrogen and oxygen atoms in total. The van der Waals surface area contributed by atoms with Gasteiger partial charge in [-0.25, -0.2) is 9.37 Å². The maximum Gasteiger partial charge on any atom is 0.251 e. The van der Waals surface area contributed by atoms with Gasteiger partial charge in [-0.2, -0.15) is 0 Å². The largest absolute Gasteiger partial charge is 0.325 e. The number of halogens is 1. The number of hydrogen-bond acceptors (Lipinski definition) is 5. The molecule has 0 unspecified atom stereocenters. The fourth-order valence-electron chi connectivity index (χ4n) is 3.46. The number of aryl methyl sites for hydroxylation is 1. The summed E-state index contributed by atoms with van der Waals surface area (Å²) in [5.74, 6) is 0.128. The van der Waals surface area contributed by atoms with Crippen molar-refractivity contribution in [3.63, 3.8) is 0 Å². The van der Waals surface area contributed by atoms with E-state index in [4.69, 9.17) is 0 Å². The van der Waals surface area contributed by atoms with Gasteiger partial charge in [-0.3, -0.25) is 19.4 Å². The quantitative estimate of drug-likeness (QED) is 0.819. The molecule has 3 rings (SSSR count).